The lowest BCUT2D eigenvalue weighted by molar-refractivity contribution is 0.237. The van der Waals surface area contributed by atoms with Crippen LogP contribution in [-0.2, 0) is 0 Å². The Morgan fingerprint density at radius 3 is 2.23 bits per heavy atom. The molecular weight excluding hydrogens is 597 g/mol. The van der Waals surface area contributed by atoms with Crippen LogP contribution in [0.3, 0.4) is 0 Å². The van der Waals surface area contributed by atoms with Crippen LogP contribution in [0.1, 0.15) is 25.7 Å². The van der Waals surface area contributed by atoms with Crippen LogP contribution in [0.25, 0.3) is 56.1 Å². The summed E-state index contributed by atoms with van der Waals surface area (Å²) >= 11 is 0. The molecule has 240 valence electrons. The van der Waals surface area contributed by atoms with E-state index in [0.29, 0.717) is 58.5 Å². The van der Waals surface area contributed by atoms with Crippen molar-refractivity contribution in [2.45, 2.75) is 25.7 Å². The number of hydrogen-bond acceptors (Lipinski definition) is 9. The van der Waals surface area contributed by atoms with Gasteiger partial charge in [-0.1, -0.05) is 0 Å². The molecule has 1 aromatic carbocycles. The third-order valence-electron chi connectivity index (χ3n) is 8.94. The van der Waals surface area contributed by atoms with E-state index in [-0.39, 0.29) is 5.82 Å². The minimum atomic E-state index is -0.390. The Kier molecular flexibility index (Phi) is 8.18. The Hall–Kier alpha value is -4.94. The summed E-state index contributed by atoms with van der Waals surface area (Å²) in [6.45, 7) is 7.31. The topological polar surface area (TPSA) is 121 Å². The molecular formula is C35H36FN9O2. The number of fused-ring (bicyclic) bond motifs is 2. The van der Waals surface area contributed by atoms with Crippen molar-refractivity contribution in [2.24, 2.45) is 0 Å². The Labute approximate surface area is 271 Å². The quantitative estimate of drug-likeness (QED) is 0.185. The van der Waals surface area contributed by atoms with Gasteiger partial charge in [-0.3, -0.25) is 24.9 Å². The van der Waals surface area contributed by atoms with Crippen LogP contribution in [-0.4, -0.2) is 97.4 Å². The van der Waals surface area contributed by atoms with Crippen molar-refractivity contribution < 1.29 is 13.9 Å². The zero-order valence-electron chi connectivity index (χ0n) is 26.1. The zero-order chi connectivity index (χ0) is 31.6. The van der Waals surface area contributed by atoms with Crippen molar-refractivity contribution >= 4 is 22.1 Å². The normalized spacial score (nSPS) is 15.7. The number of likely N-dealkylation sites (tertiary alicyclic amines) is 2. The molecule has 11 nitrogen and oxygen atoms in total. The molecule has 0 aliphatic carbocycles. The van der Waals surface area contributed by atoms with E-state index in [9.17, 15) is 4.39 Å². The number of benzene rings is 1. The first-order valence-corrected chi connectivity index (χ1v) is 16.3. The maximum absolute atomic E-state index is 14.8. The summed E-state index contributed by atoms with van der Waals surface area (Å²) in [5.74, 6) is 1.32. The number of imidazole rings is 1. The van der Waals surface area contributed by atoms with Crippen molar-refractivity contribution in [3.05, 3.63) is 66.9 Å². The number of aromatic nitrogens is 7. The van der Waals surface area contributed by atoms with Gasteiger partial charge < -0.3 is 14.5 Å². The highest BCUT2D eigenvalue weighted by molar-refractivity contribution is 5.95. The van der Waals surface area contributed by atoms with Gasteiger partial charge in [-0.05, 0) is 88.3 Å². The number of hydrogen-bond donors (Lipinski definition) is 2. The lowest BCUT2D eigenvalue weighted by Gasteiger charge is -2.15. The number of H-pyrrole nitrogens is 2. The number of nitrogens with zero attached hydrogens (tertiary/aromatic N) is 7. The van der Waals surface area contributed by atoms with Gasteiger partial charge in [0.2, 0.25) is 0 Å². The fraction of sp³-hybridized carbons (Fsp3) is 0.343. The van der Waals surface area contributed by atoms with E-state index in [1.807, 2.05) is 30.3 Å². The van der Waals surface area contributed by atoms with Crippen molar-refractivity contribution in [3.63, 3.8) is 0 Å². The first-order valence-electron chi connectivity index (χ1n) is 16.3. The molecule has 8 rings (SSSR count). The molecule has 0 amide bonds. The number of rotatable bonds is 11. The van der Waals surface area contributed by atoms with E-state index in [4.69, 9.17) is 19.4 Å². The fourth-order valence-electron chi connectivity index (χ4n) is 6.50. The van der Waals surface area contributed by atoms with Crippen LogP contribution in [0, 0.1) is 5.82 Å². The van der Waals surface area contributed by atoms with Gasteiger partial charge in [0.25, 0.3) is 0 Å². The number of halogens is 1. The van der Waals surface area contributed by atoms with Crippen LogP contribution >= 0.6 is 0 Å². The molecule has 2 saturated heterocycles. The molecule has 2 fully saturated rings. The lowest BCUT2D eigenvalue weighted by atomic mass is 10.1. The largest absolute Gasteiger partial charge is 0.492 e. The first-order chi connectivity index (χ1) is 23.2. The van der Waals surface area contributed by atoms with Gasteiger partial charge in [-0.2, -0.15) is 5.10 Å². The molecule has 5 aromatic heterocycles. The predicted octanol–water partition coefficient (Wildman–Crippen LogP) is 5.71. The summed E-state index contributed by atoms with van der Waals surface area (Å²) < 4.78 is 26.8. The second kappa shape index (κ2) is 13.0. The van der Waals surface area contributed by atoms with Crippen LogP contribution < -0.4 is 9.47 Å². The van der Waals surface area contributed by atoms with Gasteiger partial charge in [0, 0.05) is 42.7 Å². The highest BCUT2D eigenvalue weighted by atomic mass is 19.1. The van der Waals surface area contributed by atoms with Gasteiger partial charge in [0.15, 0.2) is 11.5 Å². The van der Waals surface area contributed by atoms with Crippen LogP contribution in [0.5, 0.6) is 11.5 Å². The second-order valence-electron chi connectivity index (χ2n) is 12.2. The van der Waals surface area contributed by atoms with Crippen molar-refractivity contribution in [1.82, 2.24) is 44.9 Å². The summed E-state index contributed by atoms with van der Waals surface area (Å²) in [6, 6.07) is 12.4. The summed E-state index contributed by atoms with van der Waals surface area (Å²) in [5, 5.41) is 7.63. The van der Waals surface area contributed by atoms with Gasteiger partial charge in [0.05, 0.1) is 28.6 Å². The molecule has 0 atom stereocenters. The minimum absolute atomic E-state index is 0.390. The number of nitrogens with one attached hydrogen (secondary N) is 2. The maximum atomic E-state index is 14.8. The smallest absolute Gasteiger partial charge is 0.161 e. The highest BCUT2D eigenvalue weighted by Gasteiger charge is 2.19. The summed E-state index contributed by atoms with van der Waals surface area (Å²) in [7, 11) is 0. The van der Waals surface area contributed by atoms with E-state index in [2.05, 4.69) is 34.9 Å². The van der Waals surface area contributed by atoms with Crippen molar-refractivity contribution in [3.8, 4) is 45.5 Å². The minimum Gasteiger partial charge on any atom is -0.492 e. The number of ether oxygens (including phenoxy) is 2. The molecule has 0 bridgehead atoms. The highest BCUT2D eigenvalue weighted by Crippen LogP contribution is 2.33. The molecule has 6 aromatic rings. The van der Waals surface area contributed by atoms with E-state index >= 15 is 0 Å². The molecule has 47 heavy (non-hydrogen) atoms. The summed E-state index contributed by atoms with van der Waals surface area (Å²) in [5.41, 5.74) is 6.09. The molecule has 7 heterocycles. The maximum Gasteiger partial charge on any atom is 0.161 e. The van der Waals surface area contributed by atoms with E-state index < -0.39 is 0 Å². The van der Waals surface area contributed by atoms with Gasteiger partial charge in [0.1, 0.15) is 41.6 Å². The molecule has 2 N–H and O–H groups in total. The molecule has 2 aliphatic rings. The Morgan fingerprint density at radius 2 is 1.45 bits per heavy atom. The molecule has 0 radical (unpaired) electrons. The SMILES string of the molecule is Fc1cc(OCCN2CCCC2)cc(-c2nccc3[nH]c(-c4n[nH]c5ccc(-c6cncc(OCCN7CCCC7)c6)nc45)nc23)c1. The zero-order valence-corrected chi connectivity index (χ0v) is 26.1. The standard InChI is InChI=1S/C35H36FN9O2/c36-25-17-23(18-26(20-25)46-15-13-44-9-1-2-10-44)31-32-29(7-8-38-31)40-35(41-32)34-33-30(42-43-34)6-5-28(39-33)24-19-27(22-37-21-24)47-16-14-45-11-3-4-12-45/h5-8,17-22H,1-4,9-16H2,(H,40,41)(H,42,43). The molecule has 12 heteroatoms. The molecule has 0 unspecified atom stereocenters. The average molecular weight is 634 g/mol. The Balaban J connectivity index is 1.05. The summed E-state index contributed by atoms with van der Waals surface area (Å²) in [4.78, 5) is 27.0. The predicted molar refractivity (Wildman–Crippen MR) is 178 cm³/mol. The van der Waals surface area contributed by atoms with Crippen LogP contribution in [0.4, 0.5) is 4.39 Å². The van der Waals surface area contributed by atoms with E-state index in [1.165, 1.54) is 37.8 Å². The second-order valence-corrected chi connectivity index (χ2v) is 12.2. The fourth-order valence-corrected chi connectivity index (χ4v) is 6.50. The van der Waals surface area contributed by atoms with Crippen molar-refractivity contribution in [2.75, 3.05) is 52.5 Å². The van der Waals surface area contributed by atoms with E-state index in [1.54, 1.807) is 18.6 Å². The number of aromatic amines is 2. The van der Waals surface area contributed by atoms with Gasteiger partial charge >= 0.3 is 0 Å². The lowest BCUT2D eigenvalue weighted by Crippen LogP contribution is -2.25. The third kappa shape index (κ3) is 6.38. The first kappa shape index (κ1) is 29.5. The summed E-state index contributed by atoms with van der Waals surface area (Å²) in [6.07, 6.45) is 10.2. The molecule has 0 saturated carbocycles. The van der Waals surface area contributed by atoms with Crippen molar-refractivity contribution in [1.29, 1.82) is 0 Å². The Morgan fingerprint density at radius 1 is 0.723 bits per heavy atom. The van der Waals surface area contributed by atoms with Gasteiger partial charge in [-0.15, -0.1) is 0 Å². The van der Waals surface area contributed by atoms with E-state index in [0.717, 1.165) is 61.6 Å². The van der Waals surface area contributed by atoms with Crippen LogP contribution in [0.2, 0.25) is 0 Å². The van der Waals surface area contributed by atoms with Gasteiger partial charge in [-0.25, -0.2) is 14.4 Å². The van der Waals surface area contributed by atoms with Crippen LogP contribution in [0.15, 0.2) is 61.1 Å². The Bertz CT molecular complexity index is 2010. The molecule has 2 aliphatic heterocycles. The third-order valence-corrected chi connectivity index (χ3v) is 8.94. The molecule has 0 spiro atoms. The average Bonchev–Trinajstić information content (AvgIpc) is 3.91. The number of pyridine rings is 3. The monoisotopic (exact) mass is 633 g/mol.